The number of pyridine rings is 1. The van der Waals surface area contributed by atoms with Crippen LogP contribution in [0, 0.1) is 17.2 Å². The van der Waals surface area contributed by atoms with E-state index < -0.39 is 0 Å². The van der Waals surface area contributed by atoms with Crippen molar-refractivity contribution >= 4 is 0 Å². The molecule has 1 aliphatic rings. The minimum Gasteiger partial charge on any atom is -0.487 e. The summed E-state index contributed by atoms with van der Waals surface area (Å²) >= 11 is 0. The largest absolute Gasteiger partial charge is 0.487 e. The molecule has 0 aliphatic heterocycles. The third-order valence-corrected chi connectivity index (χ3v) is 4.84. The first-order valence-corrected chi connectivity index (χ1v) is 8.89. The molecule has 0 N–H and O–H groups in total. The zero-order chi connectivity index (χ0) is 16.6. The lowest BCUT2D eigenvalue weighted by Gasteiger charge is -2.19. The summed E-state index contributed by atoms with van der Waals surface area (Å²) in [5.41, 5.74) is 2.02. The molecular weight excluding hydrogens is 296 g/mol. The summed E-state index contributed by atoms with van der Waals surface area (Å²) in [4.78, 5) is 4.52. The van der Waals surface area contributed by atoms with Crippen molar-refractivity contribution in [3.05, 3.63) is 59.9 Å². The Morgan fingerprint density at radius 2 is 1.79 bits per heavy atom. The minimum absolute atomic E-state index is 0.0914. The van der Waals surface area contributed by atoms with Crippen molar-refractivity contribution in [2.24, 2.45) is 5.92 Å². The van der Waals surface area contributed by atoms with Crippen LogP contribution in [-0.4, -0.2) is 4.98 Å². The lowest BCUT2D eigenvalue weighted by Crippen LogP contribution is -2.12. The Morgan fingerprint density at radius 3 is 2.42 bits per heavy atom. The van der Waals surface area contributed by atoms with E-state index in [0.29, 0.717) is 12.5 Å². The number of hydrogen-bond acceptors (Lipinski definition) is 3. The molecule has 3 rings (SSSR count). The van der Waals surface area contributed by atoms with Crippen LogP contribution in [0.4, 0.5) is 0 Å². The van der Waals surface area contributed by atoms with Crippen molar-refractivity contribution < 1.29 is 4.74 Å². The third kappa shape index (κ3) is 4.35. The summed E-state index contributed by atoms with van der Waals surface area (Å²) in [7, 11) is 0. The van der Waals surface area contributed by atoms with Gasteiger partial charge in [0.05, 0.1) is 23.9 Å². The molecule has 1 saturated carbocycles. The van der Waals surface area contributed by atoms with Gasteiger partial charge in [0.25, 0.3) is 0 Å². The van der Waals surface area contributed by atoms with Crippen LogP contribution >= 0.6 is 0 Å². The van der Waals surface area contributed by atoms with Crippen molar-refractivity contribution in [3.8, 4) is 11.8 Å². The van der Waals surface area contributed by atoms with Crippen LogP contribution in [0.1, 0.15) is 55.7 Å². The second kappa shape index (κ2) is 8.49. The van der Waals surface area contributed by atoms with E-state index in [1.807, 2.05) is 42.5 Å². The minimum atomic E-state index is -0.0914. The average Bonchev–Trinajstić information content (AvgIpc) is 2.92. The Hall–Kier alpha value is -2.34. The van der Waals surface area contributed by atoms with Crippen molar-refractivity contribution in [2.75, 3.05) is 0 Å². The predicted octanol–water partition coefficient (Wildman–Crippen LogP) is 5.24. The Kier molecular flexibility index (Phi) is 5.85. The summed E-state index contributed by atoms with van der Waals surface area (Å²) in [6, 6.07) is 16.5. The maximum absolute atomic E-state index is 9.62. The molecule has 1 heterocycles. The van der Waals surface area contributed by atoms with Gasteiger partial charge >= 0.3 is 0 Å². The molecule has 0 radical (unpaired) electrons. The van der Waals surface area contributed by atoms with Crippen molar-refractivity contribution in [1.29, 1.82) is 5.26 Å². The maximum atomic E-state index is 9.62. The first kappa shape index (κ1) is 16.5. The SMILES string of the molecule is N#CC(c1ccc(OCc2ccccc2)cn1)C1CCCCCC1. The van der Waals surface area contributed by atoms with E-state index in [0.717, 1.165) is 29.8 Å². The first-order chi connectivity index (χ1) is 11.9. The molecule has 0 spiro atoms. The highest BCUT2D eigenvalue weighted by atomic mass is 16.5. The number of rotatable bonds is 5. The Morgan fingerprint density at radius 1 is 1.04 bits per heavy atom. The number of benzene rings is 1. The summed E-state index contributed by atoms with van der Waals surface area (Å²) in [5.74, 6) is 1.10. The molecule has 3 heteroatoms. The molecule has 2 aromatic rings. The summed E-state index contributed by atoms with van der Waals surface area (Å²) in [6.07, 6.45) is 9.11. The molecule has 1 atom stereocenters. The average molecular weight is 320 g/mol. The van der Waals surface area contributed by atoms with Crippen LogP contribution in [0.2, 0.25) is 0 Å². The van der Waals surface area contributed by atoms with Crippen molar-refractivity contribution in [1.82, 2.24) is 4.98 Å². The molecule has 1 aromatic heterocycles. The van der Waals surface area contributed by atoms with Crippen LogP contribution < -0.4 is 4.74 Å². The van der Waals surface area contributed by atoms with Gasteiger partial charge in [0.2, 0.25) is 0 Å². The van der Waals surface area contributed by atoms with E-state index in [-0.39, 0.29) is 5.92 Å². The van der Waals surface area contributed by atoms with Crippen LogP contribution in [0.5, 0.6) is 5.75 Å². The first-order valence-electron chi connectivity index (χ1n) is 8.89. The van der Waals surface area contributed by atoms with E-state index in [1.54, 1.807) is 6.20 Å². The number of ether oxygens (including phenoxy) is 1. The van der Waals surface area contributed by atoms with Gasteiger partial charge in [-0.1, -0.05) is 56.0 Å². The molecule has 3 nitrogen and oxygen atoms in total. The van der Waals surface area contributed by atoms with Gasteiger partial charge in [-0.05, 0) is 36.5 Å². The third-order valence-electron chi connectivity index (χ3n) is 4.84. The van der Waals surface area contributed by atoms with Crippen LogP contribution in [0.25, 0.3) is 0 Å². The normalized spacial score (nSPS) is 16.8. The standard InChI is InChI=1S/C21H24N2O/c22-14-20(18-10-6-1-2-7-11-18)21-13-12-19(15-23-21)24-16-17-8-4-3-5-9-17/h3-5,8-9,12-13,15,18,20H,1-2,6-7,10-11,16H2. The highest BCUT2D eigenvalue weighted by Crippen LogP contribution is 2.34. The van der Waals surface area contributed by atoms with E-state index in [2.05, 4.69) is 11.1 Å². The smallest absolute Gasteiger partial charge is 0.138 e. The van der Waals surface area contributed by atoms with E-state index in [1.165, 1.54) is 25.7 Å². The lowest BCUT2D eigenvalue weighted by atomic mass is 9.84. The molecular formula is C21H24N2O. The van der Waals surface area contributed by atoms with E-state index >= 15 is 0 Å². The Balaban J connectivity index is 1.63. The van der Waals surface area contributed by atoms with Gasteiger partial charge in [0.1, 0.15) is 12.4 Å². The summed E-state index contributed by atoms with van der Waals surface area (Å²) in [6.45, 7) is 0.534. The van der Waals surface area contributed by atoms with Gasteiger partial charge in [0, 0.05) is 0 Å². The van der Waals surface area contributed by atoms with Gasteiger partial charge in [-0.3, -0.25) is 4.98 Å². The Bertz CT molecular complexity index is 652. The second-order valence-corrected chi connectivity index (χ2v) is 6.55. The number of nitriles is 1. The maximum Gasteiger partial charge on any atom is 0.138 e. The van der Waals surface area contributed by atoms with Crippen LogP contribution in [0.3, 0.4) is 0 Å². The predicted molar refractivity (Wildman–Crippen MR) is 94.6 cm³/mol. The zero-order valence-electron chi connectivity index (χ0n) is 14.0. The van der Waals surface area contributed by atoms with E-state index in [9.17, 15) is 5.26 Å². The fraction of sp³-hybridized carbons (Fsp3) is 0.429. The van der Waals surface area contributed by atoms with Crippen molar-refractivity contribution in [2.45, 2.75) is 51.0 Å². The van der Waals surface area contributed by atoms with E-state index in [4.69, 9.17) is 4.74 Å². The van der Waals surface area contributed by atoms with Gasteiger partial charge in [-0.15, -0.1) is 0 Å². The number of nitrogens with zero attached hydrogens (tertiary/aromatic N) is 2. The van der Waals surface area contributed by atoms with Crippen LogP contribution in [-0.2, 0) is 6.61 Å². The fourth-order valence-electron chi connectivity index (χ4n) is 3.46. The highest BCUT2D eigenvalue weighted by Gasteiger charge is 2.25. The zero-order valence-corrected chi connectivity index (χ0v) is 14.0. The summed E-state index contributed by atoms with van der Waals surface area (Å²) in [5, 5.41) is 9.62. The topological polar surface area (TPSA) is 45.9 Å². The summed E-state index contributed by atoms with van der Waals surface area (Å²) < 4.78 is 5.78. The van der Waals surface area contributed by atoms with Crippen molar-refractivity contribution in [3.63, 3.8) is 0 Å². The second-order valence-electron chi connectivity index (χ2n) is 6.55. The molecule has 1 aromatic carbocycles. The number of hydrogen-bond donors (Lipinski definition) is 0. The molecule has 124 valence electrons. The quantitative estimate of drug-likeness (QED) is 0.708. The van der Waals surface area contributed by atoms with Gasteiger partial charge < -0.3 is 4.74 Å². The van der Waals surface area contributed by atoms with Gasteiger partial charge in [0.15, 0.2) is 0 Å². The molecule has 0 saturated heterocycles. The van der Waals surface area contributed by atoms with Gasteiger partial charge in [-0.2, -0.15) is 5.26 Å². The molecule has 0 bridgehead atoms. The lowest BCUT2D eigenvalue weighted by molar-refractivity contribution is 0.304. The van der Waals surface area contributed by atoms with Gasteiger partial charge in [-0.25, -0.2) is 0 Å². The monoisotopic (exact) mass is 320 g/mol. The molecule has 24 heavy (non-hydrogen) atoms. The molecule has 0 amide bonds. The highest BCUT2D eigenvalue weighted by molar-refractivity contribution is 5.26. The Labute approximate surface area is 144 Å². The molecule has 1 unspecified atom stereocenters. The fourth-order valence-corrected chi connectivity index (χ4v) is 3.46. The van der Waals surface area contributed by atoms with Crippen LogP contribution in [0.15, 0.2) is 48.7 Å². The number of aromatic nitrogens is 1. The molecule has 1 aliphatic carbocycles. The molecule has 1 fully saturated rings.